The van der Waals surface area contributed by atoms with Crippen molar-refractivity contribution in [3.63, 3.8) is 0 Å². The molecule has 3 heterocycles. The summed E-state index contributed by atoms with van der Waals surface area (Å²) in [5.41, 5.74) is -0.156. The molecule has 0 aliphatic carbocycles. The number of rotatable bonds is 4. The third-order valence-electron chi connectivity index (χ3n) is 4.38. The van der Waals surface area contributed by atoms with E-state index in [0.717, 1.165) is 12.1 Å². The number of aryl methyl sites for hydroxylation is 1. The maximum absolute atomic E-state index is 12.7. The Morgan fingerprint density at radius 3 is 2.63 bits per heavy atom. The number of fused-ring (bicyclic) bond motifs is 3. The first-order valence-corrected chi connectivity index (χ1v) is 8.21. The lowest BCUT2D eigenvalue weighted by Gasteiger charge is -2.10. The maximum Gasteiger partial charge on any atom is 0.285 e. The lowest BCUT2D eigenvalue weighted by molar-refractivity contribution is -0.385. The molecule has 27 heavy (non-hydrogen) atoms. The van der Waals surface area contributed by atoms with Gasteiger partial charge in [0.05, 0.1) is 28.6 Å². The molecular formula is C17H14N6O4. The van der Waals surface area contributed by atoms with E-state index in [1.807, 2.05) is 6.92 Å². The maximum atomic E-state index is 12.7. The van der Waals surface area contributed by atoms with Gasteiger partial charge in [-0.15, -0.1) is 10.2 Å². The van der Waals surface area contributed by atoms with Gasteiger partial charge in [0.15, 0.2) is 5.82 Å². The van der Waals surface area contributed by atoms with E-state index in [-0.39, 0.29) is 17.8 Å². The van der Waals surface area contributed by atoms with Crippen LogP contribution in [0, 0.1) is 10.1 Å². The second kappa shape index (κ2) is 6.16. The van der Waals surface area contributed by atoms with Crippen molar-refractivity contribution in [3.05, 3.63) is 79.2 Å². The molecule has 0 aliphatic rings. The van der Waals surface area contributed by atoms with Crippen molar-refractivity contribution in [2.24, 2.45) is 0 Å². The predicted molar refractivity (Wildman–Crippen MR) is 96.9 cm³/mol. The van der Waals surface area contributed by atoms with Gasteiger partial charge in [0.25, 0.3) is 16.8 Å². The summed E-state index contributed by atoms with van der Waals surface area (Å²) in [4.78, 5) is 35.2. The highest BCUT2D eigenvalue weighted by molar-refractivity contribution is 5.80. The average molecular weight is 366 g/mol. The van der Waals surface area contributed by atoms with Crippen LogP contribution in [0.25, 0.3) is 16.7 Å². The smallest absolute Gasteiger partial charge is 0.285 e. The van der Waals surface area contributed by atoms with Gasteiger partial charge in [-0.1, -0.05) is 12.1 Å². The zero-order valence-electron chi connectivity index (χ0n) is 14.3. The molecule has 0 fully saturated rings. The molecule has 136 valence electrons. The Labute approximate surface area is 151 Å². The van der Waals surface area contributed by atoms with Gasteiger partial charge in [-0.2, -0.15) is 0 Å². The molecule has 3 aromatic heterocycles. The lowest BCUT2D eigenvalue weighted by atomic mass is 10.2. The normalized spacial score (nSPS) is 11.3. The lowest BCUT2D eigenvalue weighted by Crippen LogP contribution is -2.24. The Balaban J connectivity index is 1.98. The molecule has 0 N–H and O–H groups in total. The largest absolute Gasteiger partial charge is 0.301 e. The summed E-state index contributed by atoms with van der Waals surface area (Å²) in [7, 11) is 0. The van der Waals surface area contributed by atoms with E-state index in [0.29, 0.717) is 29.0 Å². The third-order valence-corrected chi connectivity index (χ3v) is 4.38. The molecule has 0 atom stereocenters. The van der Waals surface area contributed by atoms with Crippen LogP contribution in [0.5, 0.6) is 0 Å². The fourth-order valence-electron chi connectivity index (χ4n) is 3.10. The first-order valence-electron chi connectivity index (χ1n) is 8.21. The van der Waals surface area contributed by atoms with Crippen LogP contribution in [0.15, 0.2) is 52.2 Å². The molecule has 0 saturated carbocycles. The summed E-state index contributed by atoms with van der Waals surface area (Å²) >= 11 is 0. The first kappa shape index (κ1) is 16.6. The summed E-state index contributed by atoms with van der Waals surface area (Å²) in [6.45, 7) is 2.21. The van der Waals surface area contributed by atoms with Gasteiger partial charge in [-0.25, -0.2) is 0 Å². The summed E-state index contributed by atoms with van der Waals surface area (Å²) in [6.07, 6.45) is 1.17. The second-order valence-corrected chi connectivity index (χ2v) is 5.93. The van der Waals surface area contributed by atoms with Crippen LogP contribution in [0.3, 0.4) is 0 Å². The number of para-hydroxylation sites is 1. The molecule has 10 heteroatoms. The monoisotopic (exact) mass is 366 g/mol. The van der Waals surface area contributed by atoms with Gasteiger partial charge in [0.1, 0.15) is 0 Å². The van der Waals surface area contributed by atoms with Gasteiger partial charge < -0.3 is 4.57 Å². The average Bonchev–Trinajstić information content (AvgIpc) is 3.07. The van der Waals surface area contributed by atoms with Crippen LogP contribution in [0.1, 0.15) is 12.7 Å². The number of hydrogen-bond donors (Lipinski definition) is 0. The Hall–Kier alpha value is -3.82. The van der Waals surface area contributed by atoms with Crippen LogP contribution < -0.4 is 11.1 Å². The Kier molecular flexibility index (Phi) is 3.80. The van der Waals surface area contributed by atoms with Crippen molar-refractivity contribution >= 4 is 22.4 Å². The minimum absolute atomic E-state index is 0.0202. The molecule has 10 nitrogen and oxygen atoms in total. The van der Waals surface area contributed by atoms with E-state index in [4.69, 9.17) is 0 Å². The molecule has 0 saturated heterocycles. The molecule has 1 aromatic carbocycles. The number of aromatic nitrogens is 5. The SMILES string of the molecule is CCn1c(=O)c2ccccc2n2c(Cn3cc([N+](=O)[O-])ccc3=O)nnc12. The molecule has 0 aliphatic heterocycles. The van der Waals surface area contributed by atoms with Crippen molar-refractivity contribution in [2.45, 2.75) is 20.0 Å². The highest BCUT2D eigenvalue weighted by Gasteiger charge is 2.17. The van der Waals surface area contributed by atoms with E-state index in [1.165, 1.54) is 15.3 Å². The standard InChI is InChI=1S/C17H14N6O4/c1-2-21-16(25)12-5-3-4-6-13(12)22-14(18-19-17(21)22)10-20-9-11(23(26)27)7-8-15(20)24/h3-9H,2,10H2,1H3. The number of hydrogen-bond acceptors (Lipinski definition) is 6. The van der Waals surface area contributed by atoms with Gasteiger partial charge in [-0.05, 0) is 19.1 Å². The third kappa shape index (κ3) is 2.58. The zero-order chi connectivity index (χ0) is 19.1. The summed E-state index contributed by atoms with van der Waals surface area (Å²) in [6, 6.07) is 9.34. The Morgan fingerprint density at radius 1 is 1.11 bits per heavy atom. The molecule has 0 unspecified atom stereocenters. The molecule has 4 rings (SSSR count). The van der Waals surface area contributed by atoms with Crippen molar-refractivity contribution in [2.75, 3.05) is 0 Å². The van der Waals surface area contributed by atoms with Crippen molar-refractivity contribution in [1.82, 2.24) is 23.7 Å². The fraction of sp³-hybridized carbons (Fsp3) is 0.176. The van der Waals surface area contributed by atoms with Crippen LogP contribution in [-0.2, 0) is 13.1 Å². The van der Waals surface area contributed by atoms with Crippen molar-refractivity contribution in [1.29, 1.82) is 0 Å². The number of benzene rings is 1. The minimum atomic E-state index is -0.567. The van der Waals surface area contributed by atoms with Gasteiger partial charge >= 0.3 is 0 Å². The Bertz CT molecular complexity index is 1320. The number of nitro groups is 1. The molecule has 0 bridgehead atoms. The topological polar surface area (TPSA) is 117 Å². The van der Waals surface area contributed by atoms with E-state index < -0.39 is 10.5 Å². The summed E-state index contributed by atoms with van der Waals surface area (Å²) in [5, 5.41) is 19.7. The highest BCUT2D eigenvalue weighted by atomic mass is 16.6. The fourth-order valence-corrected chi connectivity index (χ4v) is 3.10. The Morgan fingerprint density at radius 2 is 1.89 bits per heavy atom. The number of nitrogens with zero attached hydrogens (tertiary/aromatic N) is 6. The quantitative estimate of drug-likeness (QED) is 0.395. The summed E-state index contributed by atoms with van der Waals surface area (Å²) < 4.78 is 4.39. The highest BCUT2D eigenvalue weighted by Crippen LogP contribution is 2.15. The van der Waals surface area contributed by atoms with Gasteiger partial charge in [0.2, 0.25) is 5.78 Å². The molecule has 0 radical (unpaired) electrons. The summed E-state index contributed by atoms with van der Waals surface area (Å²) in [5.74, 6) is 0.751. The van der Waals surface area contributed by atoms with Crippen LogP contribution in [0.4, 0.5) is 5.69 Å². The van der Waals surface area contributed by atoms with Gasteiger partial charge in [-0.3, -0.25) is 28.7 Å². The molecule has 0 amide bonds. The number of pyridine rings is 1. The second-order valence-electron chi connectivity index (χ2n) is 5.93. The van der Waals surface area contributed by atoms with Crippen LogP contribution >= 0.6 is 0 Å². The van der Waals surface area contributed by atoms with E-state index in [9.17, 15) is 19.7 Å². The zero-order valence-corrected chi connectivity index (χ0v) is 14.3. The van der Waals surface area contributed by atoms with Crippen molar-refractivity contribution in [3.8, 4) is 0 Å². The molecular weight excluding hydrogens is 352 g/mol. The van der Waals surface area contributed by atoms with E-state index in [2.05, 4.69) is 10.2 Å². The van der Waals surface area contributed by atoms with E-state index >= 15 is 0 Å². The van der Waals surface area contributed by atoms with Crippen molar-refractivity contribution < 1.29 is 4.92 Å². The van der Waals surface area contributed by atoms with Crippen LogP contribution in [-0.4, -0.2) is 28.7 Å². The van der Waals surface area contributed by atoms with Crippen LogP contribution in [0.2, 0.25) is 0 Å². The molecule has 0 spiro atoms. The van der Waals surface area contributed by atoms with E-state index in [1.54, 1.807) is 28.7 Å². The molecule has 4 aromatic rings. The minimum Gasteiger partial charge on any atom is -0.301 e. The first-order chi connectivity index (χ1) is 13.0. The van der Waals surface area contributed by atoms with Gasteiger partial charge in [0, 0.05) is 18.7 Å². The predicted octanol–water partition coefficient (Wildman–Crippen LogP) is 1.18.